The van der Waals surface area contributed by atoms with Crippen LogP contribution in [-0.4, -0.2) is 65.3 Å². The molecule has 2 atom stereocenters. The predicted octanol–water partition coefficient (Wildman–Crippen LogP) is 4.72. The number of hydrogen-bond donors (Lipinski definition) is 0. The molecular formula is C27H34BrN3O2. The Labute approximate surface area is 205 Å². The summed E-state index contributed by atoms with van der Waals surface area (Å²) in [6, 6.07) is 19.6. The van der Waals surface area contributed by atoms with Gasteiger partial charge in [-0.2, -0.15) is 0 Å². The van der Waals surface area contributed by atoms with Gasteiger partial charge in [-0.15, -0.1) is 0 Å². The van der Waals surface area contributed by atoms with Crippen LogP contribution in [0.1, 0.15) is 50.3 Å². The maximum Gasteiger partial charge on any atom is 0.223 e. The summed E-state index contributed by atoms with van der Waals surface area (Å²) in [7, 11) is 0. The van der Waals surface area contributed by atoms with Crippen LogP contribution < -0.4 is 0 Å². The molecule has 2 saturated heterocycles. The van der Waals surface area contributed by atoms with Crippen LogP contribution in [0, 0.1) is 5.92 Å². The molecule has 2 amide bonds. The molecule has 176 valence electrons. The average Bonchev–Trinajstić information content (AvgIpc) is 2.81. The van der Waals surface area contributed by atoms with Crippen LogP contribution in [0.4, 0.5) is 0 Å². The summed E-state index contributed by atoms with van der Waals surface area (Å²) < 4.78 is 1.08. The minimum absolute atomic E-state index is 0.142. The van der Waals surface area contributed by atoms with E-state index in [1.807, 2.05) is 4.90 Å². The maximum absolute atomic E-state index is 13.2. The number of piperazine rings is 1. The summed E-state index contributed by atoms with van der Waals surface area (Å²) in [4.78, 5) is 31.2. The monoisotopic (exact) mass is 511 g/mol. The molecule has 2 unspecified atom stereocenters. The van der Waals surface area contributed by atoms with Crippen molar-refractivity contribution >= 4 is 27.7 Å². The highest BCUT2D eigenvalue weighted by atomic mass is 79.9. The summed E-state index contributed by atoms with van der Waals surface area (Å²) in [6.45, 7) is 7.82. The van der Waals surface area contributed by atoms with E-state index in [4.69, 9.17) is 0 Å². The van der Waals surface area contributed by atoms with Crippen LogP contribution in [0.25, 0.3) is 0 Å². The second-order valence-corrected chi connectivity index (χ2v) is 10.4. The molecule has 2 aliphatic heterocycles. The van der Waals surface area contributed by atoms with Crippen molar-refractivity contribution < 1.29 is 9.59 Å². The summed E-state index contributed by atoms with van der Waals surface area (Å²) in [5, 5.41) is 0. The Balaban J connectivity index is 1.41. The zero-order valence-electron chi connectivity index (χ0n) is 19.6. The van der Waals surface area contributed by atoms with Gasteiger partial charge in [0, 0.05) is 56.6 Å². The molecule has 0 saturated carbocycles. The van der Waals surface area contributed by atoms with Gasteiger partial charge >= 0.3 is 0 Å². The van der Waals surface area contributed by atoms with Gasteiger partial charge in [0.25, 0.3) is 0 Å². The highest BCUT2D eigenvalue weighted by Gasteiger charge is 2.33. The minimum atomic E-state index is 0.142. The number of carbonyl (C=O) groups is 2. The first-order valence-electron chi connectivity index (χ1n) is 12.0. The number of benzene rings is 2. The molecule has 5 nitrogen and oxygen atoms in total. The number of nitrogens with zero attached hydrogens (tertiary/aromatic N) is 3. The standard InChI is InChI=1S/C27H34BrN3O2/c1-20-19-30(27(23-6-4-3-5-7-23)24-8-10-25(28)11-9-24)16-17-31(20)26(33)18-22-12-14-29(15-13-22)21(2)32/h3-11,20,22,27H,12-19H2,1-2H3. The van der Waals surface area contributed by atoms with Crippen LogP contribution in [0.2, 0.25) is 0 Å². The molecule has 4 rings (SSSR count). The van der Waals surface area contributed by atoms with Crippen molar-refractivity contribution in [3.05, 3.63) is 70.2 Å². The van der Waals surface area contributed by atoms with Crippen LogP contribution >= 0.6 is 15.9 Å². The Hall–Kier alpha value is -2.18. The number of piperidine rings is 1. The van der Waals surface area contributed by atoms with Gasteiger partial charge in [-0.25, -0.2) is 0 Å². The molecule has 2 aromatic rings. The molecule has 0 aliphatic carbocycles. The lowest BCUT2D eigenvalue weighted by Gasteiger charge is -2.44. The van der Waals surface area contributed by atoms with Crippen molar-refractivity contribution in [2.45, 2.75) is 45.2 Å². The number of rotatable bonds is 5. The highest BCUT2D eigenvalue weighted by Crippen LogP contribution is 2.32. The topological polar surface area (TPSA) is 43.9 Å². The van der Waals surface area contributed by atoms with Crippen LogP contribution in [0.3, 0.4) is 0 Å². The van der Waals surface area contributed by atoms with Gasteiger partial charge in [-0.3, -0.25) is 14.5 Å². The molecule has 2 heterocycles. The third-order valence-electron chi connectivity index (χ3n) is 7.17. The summed E-state index contributed by atoms with van der Waals surface area (Å²) in [5.74, 6) is 0.796. The molecule has 2 aliphatic rings. The summed E-state index contributed by atoms with van der Waals surface area (Å²) >= 11 is 3.55. The molecule has 0 aromatic heterocycles. The minimum Gasteiger partial charge on any atom is -0.343 e. The molecule has 33 heavy (non-hydrogen) atoms. The number of likely N-dealkylation sites (tertiary alicyclic amines) is 1. The van der Waals surface area contributed by atoms with Crippen molar-refractivity contribution in [2.24, 2.45) is 5.92 Å². The Morgan fingerprint density at radius 3 is 2.18 bits per heavy atom. The smallest absolute Gasteiger partial charge is 0.223 e. The van der Waals surface area contributed by atoms with Gasteiger partial charge in [-0.1, -0.05) is 58.4 Å². The Morgan fingerprint density at radius 1 is 0.939 bits per heavy atom. The second-order valence-electron chi connectivity index (χ2n) is 9.45. The lowest BCUT2D eigenvalue weighted by atomic mass is 9.92. The van der Waals surface area contributed by atoms with E-state index in [1.54, 1.807) is 6.92 Å². The number of carbonyl (C=O) groups excluding carboxylic acids is 2. The average molecular weight is 512 g/mol. The number of halogens is 1. The number of amides is 2. The van der Waals surface area contributed by atoms with E-state index in [0.717, 1.165) is 50.0 Å². The molecule has 0 radical (unpaired) electrons. The van der Waals surface area contributed by atoms with Crippen molar-refractivity contribution in [3.8, 4) is 0 Å². The number of hydrogen-bond acceptors (Lipinski definition) is 3. The van der Waals surface area contributed by atoms with Crippen molar-refractivity contribution in [2.75, 3.05) is 32.7 Å². The summed E-state index contributed by atoms with van der Waals surface area (Å²) in [5.41, 5.74) is 2.55. The third kappa shape index (κ3) is 5.85. The molecule has 2 aromatic carbocycles. The van der Waals surface area contributed by atoms with Crippen molar-refractivity contribution in [1.82, 2.24) is 14.7 Å². The SMILES string of the molecule is CC(=O)N1CCC(CC(=O)N2CCN(C(c3ccccc3)c3ccc(Br)cc3)CC2C)CC1. The first kappa shape index (κ1) is 24.0. The van der Waals surface area contributed by atoms with Crippen LogP contribution in [-0.2, 0) is 9.59 Å². The van der Waals surface area contributed by atoms with E-state index in [-0.39, 0.29) is 23.9 Å². The fourth-order valence-corrected chi connectivity index (χ4v) is 5.57. The van der Waals surface area contributed by atoms with E-state index in [0.29, 0.717) is 12.3 Å². The Kier molecular flexibility index (Phi) is 7.86. The second kappa shape index (κ2) is 10.8. The molecule has 0 bridgehead atoms. The van der Waals surface area contributed by atoms with E-state index in [1.165, 1.54) is 11.1 Å². The molecular weight excluding hydrogens is 478 g/mol. The highest BCUT2D eigenvalue weighted by molar-refractivity contribution is 9.10. The lowest BCUT2D eigenvalue weighted by molar-refractivity contribution is -0.137. The molecule has 6 heteroatoms. The van der Waals surface area contributed by atoms with E-state index >= 15 is 0 Å². The molecule has 2 fully saturated rings. The van der Waals surface area contributed by atoms with Crippen molar-refractivity contribution in [1.29, 1.82) is 0 Å². The quantitative estimate of drug-likeness (QED) is 0.583. The predicted molar refractivity (Wildman–Crippen MR) is 135 cm³/mol. The van der Waals surface area contributed by atoms with E-state index in [9.17, 15) is 9.59 Å². The Morgan fingerprint density at radius 2 is 1.58 bits per heavy atom. The maximum atomic E-state index is 13.2. The zero-order valence-corrected chi connectivity index (χ0v) is 21.2. The van der Waals surface area contributed by atoms with E-state index in [2.05, 4.69) is 87.3 Å². The normalized spacial score (nSPS) is 21.1. The first-order valence-corrected chi connectivity index (χ1v) is 12.8. The lowest BCUT2D eigenvalue weighted by Crippen LogP contribution is -2.55. The fraction of sp³-hybridized carbons (Fsp3) is 0.481. The van der Waals surface area contributed by atoms with Crippen molar-refractivity contribution in [3.63, 3.8) is 0 Å². The Bertz CT molecular complexity index is 942. The van der Waals surface area contributed by atoms with Gasteiger partial charge in [0.2, 0.25) is 11.8 Å². The molecule has 0 N–H and O–H groups in total. The van der Waals surface area contributed by atoms with Gasteiger partial charge in [0.05, 0.1) is 6.04 Å². The van der Waals surface area contributed by atoms with Gasteiger partial charge in [-0.05, 0) is 48.9 Å². The van der Waals surface area contributed by atoms with Crippen LogP contribution in [0.5, 0.6) is 0 Å². The van der Waals surface area contributed by atoms with Gasteiger partial charge in [0.15, 0.2) is 0 Å². The fourth-order valence-electron chi connectivity index (χ4n) is 5.30. The zero-order chi connectivity index (χ0) is 23.4. The van der Waals surface area contributed by atoms with Gasteiger partial charge in [0.1, 0.15) is 0 Å². The third-order valence-corrected chi connectivity index (χ3v) is 7.70. The molecule has 0 spiro atoms. The van der Waals surface area contributed by atoms with E-state index < -0.39 is 0 Å². The first-order chi connectivity index (χ1) is 15.9. The van der Waals surface area contributed by atoms with Crippen LogP contribution in [0.15, 0.2) is 59.1 Å². The largest absolute Gasteiger partial charge is 0.343 e. The summed E-state index contributed by atoms with van der Waals surface area (Å²) in [6.07, 6.45) is 2.46. The van der Waals surface area contributed by atoms with Gasteiger partial charge < -0.3 is 9.80 Å².